The molecule has 0 aromatic heterocycles. The second kappa shape index (κ2) is 5.68. The molecule has 1 saturated heterocycles. The first kappa shape index (κ1) is 15.5. The molecule has 0 radical (unpaired) electrons. The molecule has 1 heterocycles. The van der Waals surface area contributed by atoms with Gasteiger partial charge in [0.1, 0.15) is 5.54 Å². The molecular weight excluding hydrogens is 296 g/mol. The van der Waals surface area contributed by atoms with Gasteiger partial charge < -0.3 is 10.4 Å². The lowest BCUT2D eigenvalue weighted by Gasteiger charge is -2.33. The van der Waals surface area contributed by atoms with Crippen LogP contribution in [-0.4, -0.2) is 33.5 Å². The van der Waals surface area contributed by atoms with E-state index in [2.05, 4.69) is 12.2 Å². The van der Waals surface area contributed by atoms with Crippen LogP contribution >= 0.6 is 0 Å². The number of carbonyl (C=O) groups excluding carboxylic acids is 2. The van der Waals surface area contributed by atoms with Crippen molar-refractivity contribution in [2.75, 3.05) is 0 Å². The van der Waals surface area contributed by atoms with Crippen molar-refractivity contribution in [1.29, 1.82) is 0 Å². The van der Waals surface area contributed by atoms with Gasteiger partial charge in [0.25, 0.3) is 5.91 Å². The Labute approximate surface area is 134 Å². The summed E-state index contributed by atoms with van der Waals surface area (Å²) in [6, 6.07) is 5.94. The fourth-order valence-electron chi connectivity index (χ4n) is 3.40. The number of carbonyl (C=O) groups is 3. The summed E-state index contributed by atoms with van der Waals surface area (Å²) >= 11 is 0. The van der Waals surface area contributed by atoms with E-state index in [0.717, 1.165) is 12.8 Å². The Hall–Kier alpha value is -2.37. The Bertz CT molecular complexity index is 662. The number of carboxylic acid groups (broad SMARTS) is 1. The third-order valence-corrected chi connectivity index (χ3v) is 4.89. The van der Waals surface area contributed by atoms with Crippen LogP contribution in [0.3, 0.4) is 0 Å². The van der Waals surface area contributed by atoms with E-state index >= 15 is 0 Å². The maximum atomic E-state index is 12.7. The predicted octanol–water partition coefficient (Wildman–Crippen LogP) is 2.39. The topological polar surface area (TPSA) is 86.7 Å². The lowest BCUT2D eigenvalue weighted by atomic mass is 9.77. The molecular formula is C17H20N2O4. The Morgan fingerprint density at radius 3 is 2.70 bits per heavy atom. The lowest BCUT2D eigenvalue weighted by molar-refractivity contribution is -0.133. The maximum Gasteiger partial charge on any atom is 0.335 e. The molecule has 2 aliphatic rings. The van der Waals surface area contributed by atoms with Crippen LogP contribution in [0.25, 0.3) is 0 Å². The average molecular weight is 316 g/mol. The van der Waals surface area contributed by atoms with Crippen LogP contribution in [0, 0.1) is 5.92 Å². The number of urea groups is 1. The van der Waals surface area contributed by atoms with E-state index in [-0.39, 0.29) is 24.0 Å². The van der Waals surface area contributed by atoms with Crippen LogP contribution in [0.15, 0.2) is 24.3 Å². The minimum absolute atomic E-state index is 0.100. The molecule has 1 saturated carbocycles. The van der Waals surface area contributed by atoms with E-state index < -0.39 is 11.5 Å². The zero-order valence-electron chi connectivity index (χ0n) is 13.0. The van der Waals surface area contributed by atoms with Crippen LogP contribution in [-0.2, 0) is 11.3 Å². The number of hydrogen-bond acceptors (Lipinski definition) is 3. The Kier molecular flexibility index (Phi) is 3.83. The number of hydrogen-bond donors (Lipinski definition) is 2. The van der Waals surface area contributed by atoms with Crippen LogP contribution in [0.4, 0.5) is 4.79 Å². The summed E-state index contributed by atoms with van der Waals surface area (Å²) in [6.07, 6.45) is 3.19. The molecule has 0 atom stereocenters. The number of nitrogens with one attached hydrogen (secondary N) is 1. The Morgan fingerprint density at radius 2 is 2.04 bits per heavy atom. The number of nitrogens with zero attached hydrogens (tertiary/aromatic N) is 1. The van der Waals surface area contributed by atoms with Gasteiger partial charge in [0.2, 0.25) is 0 Å². The molecule has 122 valence electrons. The van der Waals surface area contributed by atoms with E-state index in [1.54, 1.807) is 12.1 Å². The van der Waals surface area contributed by atoms with Gasteiger partial charge in [-0.1, -0.05) is 19.1 Å². The van der Waals surface area contributed by atoms with Gasteiger partial charge in [-0.2, -0.15) is 0 Å². The second-order valence-electron chi connectivity index (χ2n) is 6.59. The quantitative estimate of drug-likeness (QED) is 0.838. The molecule has 2 N–H and O–H groups in total. The third-order valence-electron chi connectivity index (χ3n) is 4.89. The van der Waals surface area contributed by atoms with Crippen LogP contribution in [0.5, 0.6) is 0 Å². The highest BCUT2D eigenvalue weighted by Gasteiger charge is 2.51. The summed E-state index contributed by atoms with van der Waals surface area (Å²) in [5.74, 6) is -0.636. The molecule has 3 rings (SSSR count). The van der Waals surface area contributed by atoms with Gasteiger partial charge in [0, 0.05) is 0 Å². The van der Waals surface area contributed by atoms with E-state index in [1.807, 2.05) is 0 Å². The summed E-state index contributed by atoms with van der Waals surface area (Å²) in [5.41, 5.74) is 0.0268. The molecule has 1 aromatic rings. The molecule has 0 unspecified atom stereocenters. The maximum absolute atomic E-state index is 12.7. The van der Waals surface area contributed by atoms with Crippen molar-refractivity contribution in [2.24, 2.45) is 5.92 Å². The summed E-state index contributed by atoms with van der Waals surface area (Å²) in [6.45, 7) is 2.26. The molecule has 6 heteroatoms. The fraction of sp³-hybridized carbons (Fsp3) is 0.471. The van der Waals surface area contributed by atoms with Crippen molar-refractivity contribution in [1.82, 2.24) is 10.2 Å². The Morgan fingerprint density at radius 1 is 1.35 bits per heavy atom. The zero-order chi connectivity index (χ0) is 16.6. The predicted molar refractivity (Wildman–Crippen MR) is 82.8 cm³/mol. The standard InChI is InChI=1S/C17H20N2O4/c1-11-5-7-17(8-6-11)15(22)19(16(23)18-17)10-12-3-2-4-13(9-12)14(20)21/h2-4,9,11H,5-8,10H2,1H3,(H,18,23)(H,20,21). The molecule has 1 spiro atoms. The van der Waals surface area contributed by atoms with Gasteiger partial charge in [-0.25, -0.2) is 9.59 Å². The highest BCUT2D eigenvalue weighted by Crippen LogP contribution is 2.36. The first-order valence-corrected chi connectivity index (χ1v) is 7.88. The third kappa shape index (κ3) is 2.81. The van der Waals surface area contributed by atoms with Gasteiger partial charge in [0.15, 0.2) is 0 Å². The molecule has 3 amide bonds. The number of aromatic carboxylic acids is 1. The largest absolute Gasteiger partial charge is 0.478 e. The van der Waals surface area contributed by atoms with Crippen LogP contribution in [0.2, 0.25) is 0 Å². The van der Waals surface area contributed by atoms with Crippen LogP contribution < -0.4 is 5.32 Å². The van der Waals surface area contributed by atoms with Gasteiger partial charge in [0.05, 0.1) is 12.1 Å². The molecule has 2 fully saturated rings. The molecule has 1 aliphatic carbocycles. The fourth-order valence-corrected chi connectivity index (χ4v) is 3.40. The highest BCUT2D eigenvalue weighted by molar-refractivity contribution is 6.07. The first-order valence-electron chi connectivity index (χ1n) is 7.88. The smallest absolute Gasteiger partial charge is 0.335 e. The van der Waals surface area contributed by atoms with Crippen molar-refractivity contribution < 1.29 is 19.5 Å². The van der Waals surface area contributed by atoms with E-state index in [9.17, 15) is 14.4 Å². The number of imide groups is 1. The lowest BCUT2D eigenvalue weighted by Crippen LogP contribution is -2.49. The number of carboxylic acids is 1. The van der Waals surface area contributed by atoms with E-state index in [4.69, 9.17) is 5.11 Å². The van der Waals surface area contributed by atoms with E-state index in [0.29, 0.717) is 24.3 Å². The highest BCUT2D eigenvalue weighted by atomic mass is 16.4. The second-order valence-corrected chi connectivity index (χ2v) is 6.59. The monoisotopic (exact) mass is 316 g/mol. The van der Waals surface area contributed by atoms with Gasteiger partial charge in [-0.05, 0) is 49.3 Å². The molecule has 1 aliphatic heterocycles. The summed E-state index contributed by atoms with van der Waals surface area (Å²) in [7, 11) is 0. The minimum atomic E-state index is -1.03. The van der Waals surface area contributed by atoms with Crippen LogP contribution in [0.1, 0.15) is 48.5 Å². The summed E-state index contributed by atoms with van der Waals surface area (Å²) < 4.78 is 0. The Balaban J connectivity index is 1.78. The minimum Gasteiger partial charge on any atom is -0.478 e. The SMILES string of the molecule is CC1CCC2(CC1)NC(=O)N(Cc1cccc(C(=O)O)c1)C2=O. The number of rotatable bonds is 3. The van der Waals surface area contributed by atoms with Crippen molar-refractivity contribution in [3.63, 3.8) is 0 Å². The van der Waals surface area contributed by atoms with Gasteiger partial charge in [-0.15, -0.1) is 0 Å². The summed E-state index contributed by atoms with van der Waals surface area (Å²) in [4.78, 5) is 37.2. The summed E-state index contributed by atoms with van der Waals surface area (Å²) in [5, 5.41) is 11.9. The molecule has 6 nitrogen and oxygen atoms in total. The van der Waals surface area contributed by atoms with Crippen molar-refractivity contribution in [3.8, 4) is 0 Å². The van der Waals surface area contributed by atoms with Gasteiger partial charge >= 0.3 is 12.0 Å². The van der Waals surface area contributed by atoms with Crippen molar-refractivity contribution >= 4 is 17.9 Å². The molecule has 0 bridgehead atoms. The normalized spacial score (nSPS) is 27.3. The number of benzene rings is 1. The first-order chi connectivity index (χ1) is 10.9. The average Bonchev–Trinajstić information content (AvgIpc) is 2.75. The van der Waals surface area contributed by atoms with Gasteiger partial charge in [-0.3, -0.25) is 9.69 Å². The van der Waals surface area contributed by atoms with Crippen molar-refractivity contribution in [2.45, 2.75) is 44.7 Å². The molecule has 1 aromatic carbocycles. The molecule has 23 heavy (non-hydrogen) atoms. The number of amides is 3. The zero-order valence-corrected chi connectivity index (χ0v) is 13.0. The van der Waals surface area contributed by atoms with Crippen molar-refractivity contribution in [3.05, 3.63) is 35.4 Å². The van der Waals surface area contributed by atoms with E-state index in [1.165, 1.54) is 17.0 Å².